The van der Waals surface area contributed by atoms with Crippen LogP contribution in [0.25, 0.3) is 0 Å². The van der Waals surface area contributed by atoms with Crippen LogP contribution >= 0.6 is 11.6 Å². The van der Waals surface area contributed by atoms with Gasteiger partial charge in [-0.15, -0.1) is 0 Å². The summed E-state index contributed by atoms with van der Waals surface area (Å²) >= 11 is 5.80. The van der Waals surface area contributed by atoms with Crippen molar-refractivity contribution in [2.24, 2.45) is 0 Å². The topological polar surface area (TPSA) is 119 Å². The lowest BCUT2D eigenvalue weighted by molar-refractivity contribution is -0.119. The summed E-state index contributed by atoms with van der Waals surface area (Å²) in [5, 5.41) is 2.87. The second-order valence-electron chi connectivity index (χ2n) is 6.85. The number of benzene rings is 2. The van der Waals surface area contributed by atoms with Crippen molar-refractivity contribution in [3.8, 4) is 0 Å². The third kappa shape index (κ3) is 5.29. The molecule has 0 atom stereocenters. The lowest BCUT2D eigenvalue weighted by Gasteiger charge is -2.25. The number of carbonyl (C=O) groups is 2. The van der Waals surface area contributed by atoms with Crippen molar-refractivity contribution in [3.05, 3.63) is 53.1 Å². The molecule has 0 spiro atoms. The van der Waals surface area contributed by atoms with E-state index in [0.717, 1.165) is 19.3 Å². The Kier molecular flexibility index (Phi) is 6.96. The molecule has 0 bridgehead atoms. The predicted molar refractivity (Wildman–Crippen MR) is 114 cm³/mol. The highest BCUT2D eigenvalue weighted by molar-refractivity contribution is 7.89. The summed E-state index contributed by atoms with van der Waals surface area (Å²) in [4.78, 5) is 24.2. The second kappa shape index (κ2) is 9.46. The zero-order chi connectivity index (χ0) is 21.7. The van der Waals surface area contributed by atoms with E-state index in [4.69, 9.17) is 22.1 Å². The van der Waals surface area contributed by atoms with E-state index in [1.807, 2.05) is 0 Å². The van der Waals surface area contributed by atoms with Crippen LogP contribution in [0.15, 0.2) is 47.4 Å². The summed E-state index contributed by atoms with van der Waals surface area (Å²) in [6, 6.07) is 10.2. The molecule has 1 amide bonds. The van der Waals surface area contributed by atoms with E-state index in [1.165, 1.54) is 46.8 Å². The molecule has 160 valence electrons. The highest BCUT2D eigenvalue weighted by Gasteiger charge is 2.25. The number of nitrogens with one attached hydrogen (secondary N) is 1. The first kappa shape index (κ1) is 22.1. The van der Waals surface area contributed by atoms with Crippen molar-refractivity contribution in [1.29, 1.82) is 0 Å². The summed E-state index contributed by atoms with van der Waals surface area (Å²) in [5.41, 5.74) is 6.44. The number of sulfonamides is 1. The molecule has 0 saturated carbocycles. The zero-order valence-corrected chi connectivity index (χ0v) is 17.7. The highest BCUT2D eigenvalue weighted by atomic mass is 35.5. The number of hydrogen-bond acceptors (Lipinski definition) is 6. The molecule has 2 aromatic rings. The Morgan fingerprint density at radius 1 is 1.07 bits per heavy atom. The van der Waals surface area contributed by atoms with Gasteiger partial charge in [-0.1, -0.05) is 18.0 Å². The molecule has 0 unspecified atom stereocenters. The number of halogens is 1. The molecule has 3 N–H and O–H groups in total. The number of hydrogen-bond donors (Lipinski definition) is 2. The molecular weight excluding hydrogens is 430 g/mol. The summed E-state index contributed by atoms with van der Waals surface area (Å²) in [6.07, 6.45) is 2.75. The van der Waals surface area contributed by atoms with E-state index in [-0.39, 0.29) is 16.1 Å². The molecule has 8 nitrogen and oxygen atoms in total. The SMILES string of the molecule is Nc1cc(C(=O)OCC(=O)Nc2ccc(S(=O)(=O)N3CCCCC3)cc2)ccc1Cl. The number of anilines is 2. The van der Waals surface area contributed by atoms with E-state index in [1.54, 1.807) is 0 Å². The summed E-state index contributed by atoms with van der Waals surface area (Å²) in [5.74, 6) is -1.27. The first-order valence-corrected chi connectivity index (χ1v) is 11.2. The number of nitrogens with two attached hydrogens (primary N) is 1. The molecule has 1 fully saturated rings. The van der Waals surface area contributed by atoms with E-state index >= 15 is 0 Å². The first-order chi connectivity index (χ1) is 14.3. The van der Waals surface area contributed by atoms with Crippen LogP contribution in [0.2, 0.25) is 5.02 Å². The molecule has 0 radical (unpaired) electrons. The molecule has 30 heavy (non-hydrogen) atoms. The van der Waals surface area contributed by atoms with E-state index in [0.29, 0.717) is 23.8 Å². The minimum atomic E-state index is -3.53. The van der Waals surface area contributed by atoms with Crippen molar-refractivity contribution in [2.75, 3.05) is 30.7 Å². The fourth-order valence-corrected chi connectivity index (χ4v) is 4.68. The van der Waals surface area contributed by atoms with Crippen LogP contribution < -0.4 is 11.1 Å². The molecule has 0 aromatic heterocycles. The summed E-state index contributed by atoms with van der Waals surface area (Å²) in [7, 11) is -3.53. The van der Waals surface area contributed by atoms with E-state index in [9.17, 15) is 18.0 Å². The van der Waals surface area contributed by atoms with Gasteiger partial charge in [0.15, 0.2) is 6.61 Å². The third-order valence-electron chi connectivity index (χ3n) is 4.66. The number of nitrogens with zero attached hydrogens (tertiary/aromatic N) is 1. The molecule has 0 aliphatic carbocycles. The number of amides is 1. The molecule has 10 heteroatoms. The Labute approximate surface area is 180 Å². The predicted octanol–water partition coefficient (Wildman–Crippen LogP) is 2.89. The minimum absolute atomic E-state index is 0.175. The van der Waals surface area contributed by atoms with Crippen molar-refractivity contribution in [3.63, 3.8) is 0 Å². The van der Waals surface area contributed by atoms with Crippen LogP contribution in [-0.2, 0) is 19.6 Å². The van der Waals surface area contributed by atoms with E-state index < -0.39 is 28.5 Å². The number of rotatable bonds is 6. The van der Waals surface area contributed by atoms with Crippen LogP contribution in [0.1, 0.15) is 29.6 Å². The Morgan fingerprint density at radius 2 is 1.73 bits per heavy atom. The van der Waals surface area contributed by atoms with Gasteiger partial charge in [0.1, 0.15) is 0 Å². The molecule has 1 aliphatic heterocycles. The summed E-state index contributed by atoms with van der Waals surface area (Å²) in [6.45, 7) is 0.534. The smallest absolute Gasteiger partial charge is 0.338 e. The van der Waals surface area contributed by atoms with Crippen LogP contribution in [0.5, 0.6) is 0 Å². The lowest BCUT2D eigenvalue weighted by Crippen LogP contribution is -2.35. The van der Waals surface area contributed by atoms with Gasteiger partial charge < -0.3 is 15.8 Å². The molecular formula is C20H22ClN3O5S. The molecule has 1 heterocycles. The third-order valence-corrected chi connectivity index (χ3v) is 6.91. The average Bonchev–Trinajstić information content (AvgIpc) is 2.75. The fourth-order valence-electron chi connectivity index (χ4n) is 3.05. The largest absolute Gasteiger partial charge is 0.452 e. The van der Waals surface area contributed by atoms with Gasteiger partial charge in [0.25, 0.3) is 5.91 Å². The van der Waals surface area contributed by atoms with Crippen LogP contribution in [0.3, 0.4) is 0 Å². The highest BCUT2D eigenvalue weighted by Crippen LogP contribution is 2.22. The maximum absolute atomic E-state index is 12.6. The number of nitrogen functional groups attached to an aromatic ring is 1. The van der Waals surface area contributed by atoms with Crippen molar-refractivity contribution in [1.82, 2.24) is 4.31 Å². The number of piperidine rings is 1. The van der Waals surface area contributed by atoms with Crippen molar-refractivity contribution >= 4 is 44.9 Å². The van der Waals surface area contributed by atoms with Crippen LogP contribution in [0, 0.1) is 0 Å². The van der Waals surface area contributed by atoms with Gasteiger partial charge in [0.05, 0.1) is 21.2 Å². The van der Waals surface area contributed by atoms with Gasteiger partial charge in [-0.3, -0.25) is 4.79 Å². The molecule has 2 aromatic carbocycles. The minimum Gasteiger partial charge on any atom is -0.452 e. The number of carbonyl (C=O) groups excluding carboxylic acids is 2. The van der Waals surface area contributed by atoms with Gasteiger partial charge in [-0.2, -0.15) is 4.31 Å². The quantitative estimate of drug-likeness (QED) is 0.514. The van der Waals surface area contributed by atoms with Crippen molar-refractivity contribution in [2.45, 2.75) is 24.2 Å². The normalized spacial score (nSPS) is 14.8. The average molecular weight is 452 g/mol. The van der Waals surface area contributed by atoms with Gasteiger partial charge in [-0.05, 0) is 55.3 Å². The van der Waals surface area contributed by atoms with Gasteiger partial charge >= 0.3 is 5.97 Å². The first-order valence-electron chi connectivity index (χ1n) is 9.39. The molecule has 1 saturated heterocycles. The zero-order valence-electron chi connectivity index (χ0n) is 16.1. The Bertz CT molecular complexity index is 1030. The van der Waals surface area contributed by atoms with Crippen LogP contribution in [0.4, 0.5) is 11.4 Å². The van der Waals surface area contributed by atoms with Crippen molar-refractivity contribution < 1.29 is 22.7 Å². The maximum Gasteiger partial charge on any atom is 0.338 e. The Morgan fingerprint density at radius 3 is 2.37 bits per heavy atom. The van der Waals surface area contributed by atoms with Gasteiger partial charge in [0, 0.05) is 18.8 Å². The second-order valence-corrected chi connectivity index (χ2v) is 9.19. The number of ether oxygens (including phenoxy) is 1. The molecule has 1 aliphatic rings. The number of esters is 1. The fraction of sp³-hybridized carbons (Fsp3) is 0.300. The summed E-state index contributed by atoms with van der Waals surface area (Å²) < 4.78 is 31.7. The standard InChI is InChI=1S/C20H22ClN3O5S/c21-17-9-4-14(12-18(17)22)20(26)29-13-19(25)23-15-5-7-16(8-6-15)30(27,28)24-10-2-1-3-11-24/h4-9,12H,1-3,10-11,13,22H2,(H,23,25). The monoisotopic (exact) mass is 451 g/mol. The maximum atomic E-state index is 12.6. The Hall–Kier alpha value is -2.62. The van der Waals surface area contributed by atoms with Crippen LogP contribution in [-0.4, -0.2) is 44.3 Å². The Balaban J connectivity index is 1.55. The van der Waals surface area contributed by atoms with Gasteiger partial charge in [-0.25, -0.2) is 13.2 Å². The van der Waals surface area contributed by atoms with E-state index in [2.05, 4.69) is 5.32 Å². The molecule has 3 rings (SSSR count). The van der Waals surface area contributed by atoms with Gasteiger partial charge in [0.2, 0.25) is 10.0 Å². The lowest BCUT2D eigenvalue weighted by atomic mass is 10.2.